The van der Waals surface area contributed by atoms with Gasteiger partial charge in [-0.3, -0.25) is 0 Å². The molecule has 3 rings (SSSR count). The van der Waals surface area contributed by atoms with Crippen LogP contribution in [0.5, 0.6) is 5.75 Å². The summed E-state index contributed by atoms with van der Waals surface area (Å²) in [5.74, 6) is 0.854. The largest absolute Gasteiger partial charge is 0.496 e. The van der Waals surface area contributed by atoms with Crippen LogP contribution in [0.4, 0.5) is 0 Å². The summed E-state index contributed by atoms with van der Waals surface area (Å²) in [7, 11) is 1.69. The van der Waals surface area contributed by atoms with Gasteiger partial charge in [-0.05, 0) is 82.4 Å². The lowest BCUT2D eigenvalue weighted by atomic mass is 10.0. The number of hydrogen-bond donors (Lipinski definition) is 0. The zero-order chi connectivity index (χ0) is 16.6. The Morgan fingerprint density at radius 1 is 0.826 bits per heavy atom. The molecule has 0 saturated heterocycles. The van der Waals surface area contributed by atoms with Crippen molar-refractivity contribution in [3.63, 3.8) is 0 Å². The van der Waals surface area contributed by atoms with Gasteiger partial charge in [-0.25, -0.2) is 0 Å². The van der Waals surface area contributed by atoms with Gasteiger partial charge in [-0.2, -0.15) is 0 Å². The quantitative estimate of drug-likeness (QED) is 0.408. The molecule has 0 spiro atoms. The van der Waals surface area contributed by atoms with E-state index in [0.717, 1.165) is 14.7 Å². The first-order valence-electron chi connectivity index (χ1n) is 7.21. The van der Waals surface area contributed by atoms with Gasteiger partial charge in [0, 0.05) is 14.2 Å². The fourth-order valence-corrected chi connectivity index (χ4v) is 4.68. The van der Waals surface area contributed by atoms with Gasteiger partial charge in [-0.1, -0.05) is 28.1 Å². The van der Waals surface area contributed by atoms with Gasteiger partial charge in [0.1, 0.15) is 5.75 Å². The van der Waals surface area contributed by atoms with E-state index in [1.54, 1.807) is 7.11 Å². The molecule has 0 aliphatic rings. The highest BCUT2D eigenvalue weighted by atomic mass is 79.9. The van der Waals surface area contributed by atoms with E-state index in [-0.39, 0.29) is 0 Å². The summed E-state index contributed by atoms with van der Waals surface area (Å²) in [4.78, 5) is 2.64. The van der Waals surface area contributed by atoms with E-state index in [9.17, 15) is 0 Å². The first-order chi connectivity index (χ1) is 11.0. The molecule has 1 aromatic heterocycles. The summed E-state index contributed by atoms with van der Waals surface area (Å²) >= 11 is 8.93. The lowest BCUT2D eigenvalue weighted by molar-refractivity contribution is 0.412. The summed E-state index contributed by atoms with van der Waals surface area (Å²) in [5.41, 5.74) is 5.16. The van der Waals surface area contributed by atoms with Crippen molar-refractivity contribution in [3.05, 3.63) is 62.5 Å². The average Bonchev–Trinajstić information content (AvgIpc) is 2.84. The van der Waals surface area contributed by atoms with Crippen LogP contribution in [0.25, 0.3) is 20.9 Å². The third-order valence-corrected chi connectivity index (χ3v) is 6.61. The first-order valence-corrected chi connectivity index (χ1v) is 9.61. The van der Waals surface area contributed by atoms with Crippen molar-refractivity contribution >= 4 is 43.2 Å². The van der Waals surface area contributed by atoms with Crippen LogP contribution in [0.15, 0.2) is 51.4 Å². The normalized spacial score (nSPS) is 10.8. The number of rotatable bonds is 3. The summed E-state index contributed by atoms with van der Waals surface area (Å²) in [6.07, 6.45) is 0. The van der Waals surface area contributed by atoms with Crippen LogP contribution in [0, 0.1) is 13.8 Å². The van der Waals surface area contributed by atoms with Crippen molar-refractivity contribution in [2.45, 2.75) is 13.8 Å². The maximum Gasteiger partial charge on any atom is 0.133 e. The molecule has 0 atom stereocenters. The van der Waals surface area contributed by atoms with Crippen LogP contribution in [0.3, 0.4) is 0 Å². The topological polar surface area (TPSA) is 9.23 Å². The molecule has 0 fully saturated rings. The lowest BCUT2D eigenvalue weighted by Gasteiger charge is -2.06. The number of benzene rings is 2. The van der Waals surface area contributed by atoms with Gasteiger partial charge in [0.2, 0.25) is 0 Å². The van der Waals surface area contributed by atoms with Crippen LogP contribution in [0.2, 0.25) is 0 Å². The molecule has 1 nitrogen and oxygen atoms in total. The molecule has 0 saturated carbocycles. The van der Waals surface area contributed by atoms with Crippen LogP contribution < -0.4 is 4.74 Å². The molecule has 4 heteroatoms. The first kappa shape index (κ1) is 16.7. The minimum atomic E-state index is 0.854. The molecule has 23 heavy (non-hydrogen) atoms. The van der Waals surface area contributed by atoms with Crippen LogP contribution in [-0.4, -0.2) is 7.11 Å². The molecule has 3 aromatic rings. The van der Waals surface area contributed by atoms with Crippen LogP contribution >= 0.6 is 43.2 Å². The summed E-state index contributed by atoms with van der Waals surface area (Å²) in [5, 5.41) is 0. The van der Waals surface area contributed by atoms with Gasteiger partial charge in [-0.15, -0.1) is 11.3 Å². The predicted octanol–water partition coefficient (Wildman–Crippen LogP) is 7.23. The SMILES string of the molecule is COc1ccc(-c2sc(-c3ccc(Br)cc3)c(C)c2C)cc1Br. The molecule has 0 amide bonds. The monoisotopic (exact) mass is 450 g/mol. The molecule has 0 bridgehead atoms. The van der Waals surface area contributed by atoms with Crippen molar-refractivity contribution in [1.29, 1.82) is 0 Å². The number of halogens is 2. The lowest BCUT2D eigenvalue weighted by Crippen LogP contribution is -1.85. The van der Waals surface area contributed by atoms with Gasteiger partial charge >= 0.3 is 0 Å². The van der Waals surface area contributed by atoms with Crippen LogP contribution in [0.1, 0.15) is 11.1 Å². The Bertz CT molecular complexity index is 851. The van der Waals surface area contributed by atoms with Gasteiger partial charge in [0.25, 0.3) is 0 Å². The minimum Gasteiger partial charge on any atom is -0.496 e. The molecule has 2 aromatic carbocycles. The van der Waals surface area contributed by atoms with Gasteiger partial charge in [0.15, 0.2) is 0 Å². The van der Waals surface area contributed by atoms with Gasteiger partial charge < -0.3 is 4.74 Å². The number of ether oxygens (including phenoxy) is 1. The van der Waals surface area contributed by atoms with Crippen molar-refractivity contribution in [3.8, 4) is 26.6 Å². The van der Waals surface area contributed by atoms with Crippen molar-refractivity contribution in [1.82, 2.24) is 0 Å². The van der Waals surface area contributed by atoms with Crippen LogP contribution in [-0.2, 0) is 0 Å². The van der Waals surface area contributed by atoms with E-state index >= 15 is 0 Å². The third kappa shape index (κ3) is 3.25. The molecule has 0 unspecified atom stereocenters. The molecule has 0 N–H and O–H groups in total. The predicted molar refractivity (Wildman–Crippen MR) is 107 cm³/mol. The van der Waals surface area contributed by atoms with Crippen molar-refractivity contribution in [2.75, 3.05) is 7.11 Å². The molecule has 0 radical (unpaired) electrons. The molecule has 118 valence electrons. The average molecular weight is 452 g/mol. The van der Waals surface area contributed by atoms with E-state index < -0.39 is 0 Å². The second-order valence-corrected chi connectivity index (χ2v) is 8.16. The Kier molecular flexibility index (Phi) is 4.95. The fraction of sp³-hybridized carbons (Fsp3) is 0.158. The van der Waals surface area contributed by atoms with Crippen molar-refractivity contribution < 1.29 is 4.74 Å². The third-order valence-electron chi connectivity index (χ3n) is 3.97. The Morgan fingerprint density at radius 3 is 1.96 bits per heavy atom. The second kappa shape index (κ2) is 6.80. The van der Waals surface area contributed by atoms with E-state index in [2.05, 4.69) is 82.1 Å². The standard InChI is InChI=1S/C19H16Br2OS/c1-11-12(2)19(14-6-9-17(22-3)16(21)10-14)23-18(11)13-4-7-15(20)8-5-13/h4-10H,1-3H3. The summed E-state index contributed by atoms with van der Waals surface area (Å²) in [6, 6.07) is 14.8. The molecule has 1 heterocycles. The highest BCUT2D eigenvalue weighted by Crippen LogP contribution is 2.43. The number of hydrogen-bond acceptors (Lipinski definition) is 2. The van der Waals surface area contributed by atoms with Gasteiger partial charge in [0.05, 0.1) is 11.6 Å². The summed E-state index contributed by atoms with van der Waals surface area (Å²) < 4.78 is 7.41. The number of thiophene rings is 1. The second-order valence-electron chi connectivity index (χ2n) is 5.37. The zero-order valence-corrected chi connectivity index (χ0v) is 17.1. The molecule has 0 aliphatic heterocycles. The van der Waals surface area contributed by atoms with Crippen molar-refractivity contribution in [2.24, 2.45) is 0 Å². The fourth-order valence-electron chi connectivity index (χ4n) is 2.56. The zero-order valence-electron chi connectivity index (χ0n) is 13.1. The Balaban J connectivity index is 2.09. The van der Waals surface area contributed by atoms with E-state index in [1.165, 1.54) is 32.0 Å². The highest BCUT2D eigenvalue weighted by Gasteiger charge is 2.15. The van der Waals surface area contributed by atoms with E-state index in [1.807, 2.05) is 17.4 Å². The highest BCUT2D eigenvalue weighted by molar-refractivity contribution is 9.10. The Labute approximate surface area is 157 Å². The molecular weight excluding hydrogens is 436 g/mol. The minimum absolute atomic E-state index is 0.854. The number of methoxy groups -OCH3 is 1. The summed E-state index contributed by atoms with van der Waals surface area (Å²) in [6.45, 7) is 4.40. The maximum absolute atomic E-state index is 5.33. The smallest absolute Gasteiger partial charge is 0.133 e. The molecular formula is C19H16Br2OS. The van der Waals surface area contributed by atoms with E-state index in [0.29, 0.717) is 0 Å². The maximum atomic E-state index is 5.33. The molecule has 0 aliphatic carbocycles. The Hall–Kier alpha value is -1.10. The Morgan fingerprint density at radius 2 is 1.39 bits per heavy atom. The van der Waals surface area contributed by atoms with E-state index in [4.69, 9.17) is 4.74 Å².